The normalized spacial score (nSPS) is 11.0. The van der Waals surface area contributed by atoms with E-state index in [1.807, 2.05) is 102 Å². The SMILES string of the molecule is CN(C)c1ccc(C=NNC(=O)CSc2nnc(-c3ccccc3)n2-c2ccc(Cl)cc2)cc1. The van der Waals surface area contributed by atoms with Crippen LogP contribution in [0.2, 0.25) is 5.02 Å². The van der Waals surface area contributed by atoms with Gasteiger partial charge in [0.25, 0.3) is 5.91 Å². The first-order chi connectivity index (χ1) is 16.5. The van der Waals surface area contributed by atoms with Crippen molar-refractivity contribution in [1.82, 2.24) is 20.2 Å². The van der Waals surface area contributed by atoms with Gasteiger partial charge in [0, 0.05) is 36.1 Å². The van der Waals surface area contributed by atoms with Crippen LogP contribution in [0.1, 0.15) is 5.56 Å². The van der Waals surface area contributed by atoms with Crippen molar-refractivity contribution < 1.29 is 4.79 Å². The number of nitrogens with zero attached hydrogens (tertiary/aromatic N) is 5. The highest BCUT2D eigenvalue weighted by Gasteiger charge is 2.17. The van der Waals surface area contributed by atoms with Crippen LogP contribution in [0.5, 0.6) is 0 Å². The molecule has 0 aliphatic heterocycles. The van der Waals surface area contributed by atoms with Gasteiger partial charge in [-0.1, -0.05) is 65.8 Å². The maximum atomic E-state index is 12.4. The Balaban J connectivity index is 1.45. The molecule has 1 N–H and O–H groups in total. The lowest BCUT2D eigenvalue weighted by molar-refractivity contribution is -0.118. The third kappa shape index (κ3) is 5.84. The van der Waals surface area contributed by atoms with E-state index in [1.165, 1.54) is 11.8 Å². The number of nitrogens with one attached hydrogen (secondary N) is 1. The van der Waals surface area contributed by atoms with E-state index in [0.717, 1.165) is 22.5 Å². The van der Waals surface area contributed by atoms with E-state index < -0.39 is 0 Å². The Labute approximate surface area is 207 Å². The van der Waals surface area contributed by atoms with E-state index in [4.69, 9.17) is 11.6 Å². The molecule has 3 aromatic carbocycles. The minimum Gasteiger partial charge on any atom is -0.378 e. The minimum absolute atomic E-state index is 0.136. The molecule has 4 rings (SSSR count). The van der Waals surface area contributed by atoms with Gasteiger partial charge in [-0.05, 0) is 42.0 Å². The van der Waals surface area contributed by atoms with Crippen molar-refractivity contribution in [3.05, 3.63) is 89.4 Å². The van der Waals surface area contributed by atoms with E-state index in [0.29, 0.717) is 16.0 Å². The fourth-order valence-electron chi connectivity index (χ4n) is 3.16. The van der Waals surface area contributed by atoms with Crippen molar-refractivity contribution >= 4 is 41.2 Å². The van der Waals surface area contributed by atoms with Crippen LogP contribution < -0.4 is 10.3 Å². The molecule has 7 nitrogen and oxygen atoms in total. The third-order valence-electron chi connectivity index (χ3n) is 4.89. The Morgan fingerprint density at radius 3 is 2.41 bits per heavy atom. The van der Waals surface area contributed by atoms with Gasteiger partial charge < -0.3 is 4.90 Å². The molecular formula is C25H23ClN6OS. The first-order valence-electron chi connectivity index (χ1n) is 10.5. The average molecular weight is 491 g/mol. The lowest BCUT2D eigenvalue weighted by Crippen LogP contribution is -2.20. The summed E-state index contributed by atoms with van der Waals surface area (Å²) in [6.45, 7) is 0. The molecule has 0 unspecified atom stereocenters. The van der Waals surface area contributed by atoms with Crippen molar-refractivity contribution in [2.75, 3.05) is 24.7 Å². The van der Waals surface area contributed by atoms with Gasteiger partial charge in [0.05, 0.1) is 12.0 Å². The van der Waals surface area contributed by atoms with Crippen LogP contribution in [0.4, 0.5) is 5.69 Å². The molecule has 1 amide bonds. The van der Waals surface area contributed by atoms with Crippen molar-refractivity contribution in [3.63, 3.8) is 0 Å². The predicted octanol–water partition coefficient (Wildman–Crippen LogP) is 4.90. The summed E-state index contributed by atoms with van der Waals surface area (Å²) in [5.74, 6) is 0.584. The number of carbonyl (C=O) groups is 1. The topological polar surface area (TPSA) is 75.4 Å². The maximum Gasteiger partial charge on any atom is 0.250 e. The Kier molecular flexibility index (Phi) is 7.61. The molecule has 0 aliphatic rings. The molecule has 0 fully saturated rings. The molecule has 4 aromatic rings. The van der Waals surface area contributed by atoms with Crippen LogP contribution in [0, 0.1) is 0 Å². The van der Waals surface area contributed by atoms with Crippen molar-refractivity contribution in [2.45, 2.75) is 5.16 Å². The molecular weight excluding hydrogens is 468 g/mol. The number of hydrogen-bond donors (Lipinski definition) is 1. The number of anilines is 1. The Hall–Kier alpha value is -3.62. The molecule has 0 saturated carbocycles. The van der Waals surface area contributed by atoms with Crippen LogP contribution in [0.25, 0.3) is 17.1 Å². The lowest BCUT2D eigenvalue weighted by Gasteiger charge is -2.11. The second-order valence-electron chi connectivity index (χ2n) is 7.55. The summed E-state index contributed by atoms with van der Waals surface area (Å²) in [5, 5.41) is 14.0. The number of thioether (sulfide) groups is 1. The van der Waals surface area contributed by atoms with Gasteiger partial charge in [0.1, 0.15) is 0 Å². The first-order valence-corrected chi connectivity index (χ1v) is 11.9. The largest absolute Gasteiger partial charge is 0.378 e. The van der Waals surface area contributed by atoms with Gasteiger partial charge in [-0.3, -0.25) is 9.36 Å². The predicted molar refractivity (Wildman–Crippen MR) is 139 cm³/mol. The highest BCUT2D eigenvalue weighted by atomic mass is 35.5. The number of amides is 1. The van der Waals surface area contributed by atoms with Crippen LogP contribution in [-0.2, 0) is 4.79 Å². The molecule has 0 radical (unpaired) electrons. The van der Waals surface area contributed by atoms with Crippen LogP contribution in [0.15, 0.2) is 89.1 Å². The van der Waals surface area contributed by atoms with Crippen LogP contribution >= 0.6 is 23.4 Å². The van der Waals surface area contributed by atoms with Crippen molar-refractivity contribution in [2.24, 2.45) is 5.10 Å². The number of hydrazone groups is 1. The second kappa shape index (κ2) is 11.0. The number of rotatable bonds is 8. The van der Waals surface area contributed by atoms with Gasteiger partial charge in [-0.2, -0.15) is 5.10 Å². The molecule has 0 aliphatic carbocycles. The standard InChI is InChI=1S/C25H23ClN6OS/c1-31(2)21-12-8-18(9-13-21)16-27-28-23(33)17-34-25-30-29-24(19-6-4-3-5-7-19)32(25)22-14-10-20(26)11-15-22/h3-16H,17H2,1-2H3,(H,28,33). The van der Waals surface area contributed by atoms with Gasteiger partial charge in [0.2, 0.25) is 0 Å². The zero-order valence-corrected chi connectivity index (χ0v) is 20.3. The van der Waals surface area contributed by atoms with Crippen molar-refractivity contribution in [3.8, 4) is 17.1 Å². The van der Waals surface area contributed by atoms with Crippen LogP contribution in [0.3, 0.4) is 0 Å². The Morgan fingerprint density at radius 2 is 1.74 bits per heavy atom. The molecule has 0 bridgehead atoms. The lowest BCUT2D eigenvalue weighted by atomic mass is 10.2. The molecule has 34 heavy (non-hydrogen) atoms. The smallest absolute Gasteiger partial charge is 0.250 e. The summed E-state index contributed by atoms with van der Waals surface area (Å²) in [5.41, 5.74) is 6.34. The number of benzene rings is 3. The van der Waals surface area contributed by atoms with E-state index in [9.17, 15) is 4.79 Å². The van der Waals surface area contributed by atoms with E-state index in [1.54, 1.807) is 6.21 Å². The van der Waals surface area contributed by atoms with Gasteiger partial charge in [-0.15, -0.1) is 10.2 Å². The number of halogens is 1. The summed E-state index contributed by atoms with van der Waals surface area (Å²) < 4.78 is 1.92. The molecule has 0 atom stereocenters. The Morgan fingerprint density at radius 1 is 1.03 bits per heavy atom. The van der Waals surface area contributed by atoms with Gasteiger partial charge >= 0.3 is 0 Å². The summed E-state index contributed by atoms with van der Waals surface area (Å²) >= 11 is 7.36. The van der Waals surface area contributed by atoms with Crippen LogP contribution in [-0.4, -0.2) is 46.7 Å². The number of carbonyl (C=O) groups excluding carboxylic acids is 1. The quantitative estimate of drug-likeness (QED) is 0.216. The number of hydrogen-bond acceptors (Lipinski definition) is 6. The zero-order valence-electron chi connectivity index (χ0n) is 18.7. The highest BCUT2D eigenvalue weighted by molar-refractivity contribution is 7.99. The molecule has 0 spiro atoms. The minimum atomic E-state index is -0.238. The Bertz CT molecular complexity index is 1270. The highest BCUT2D eigenvalue weighted by Crippen LogP contribution is 2.28. The maximum absolute atomic E-state index is 12.4. The summed E-state index contributed by atoms with van der Waals surface area (Å²) in [6.07, 6.45) is 1.62. The number of aromatic nitrogens is 3. The fourth-order valence-corrected chi connectivity index (χ4v) is 4.03. The van der Waals surface area contributed by atoms with Crippen molar-refractivity contribution in [1.29, 1.82) is 0 Å². The monoisotopic (exact) mass is 490 g/mol. The second-order valence-corrected chi connectivity index (χ2v) is 8.93. The summed E-state index contributed by atoms with van der Waals surface area (Å²) in [6, 6.07) is 25.1. The first kappa shape index (κ1) is 23.5. The molecule has 1 heterocycles. The molecule has 172 valence electrons. The van der Waals surface area contributed by atoms with E-state index in [-0.39, 0.29) is 11.7 Å². The van der Waals surface area contributed by atoms with E-state index >= 15 is 0 Å². The fraction of sp³-hybridized carbons (Fsp3) is 0.120. The summed E-state index contributed by atoms with van der Waals surface area (Å²) in [7, 11) is 3.97. The molecule has 0 saturated heterocycles. The molecule has 1 aromatic heterocycles. The average Bonchev–Trinajstić information content (AvgIpc) is 3.28. The zero-order chi connectivity index (χ0) is 23.9. The van der Waals surface area contributed by atoms with Gasteiger partial charge in [0.15, 0.2) is 11.0 Å². The summed E-state index contributed by atoms with van der Waals surface area (Å²) in [4.78, 5) is 14.4. The molecule has 9 heteroatoms. The van der Waals surface area contributed by atoms with Gasteiger partial charge in [-0.25, -0.2) is 5.43 Å². The third-order valence-corrected chi connectivity index (χ3v) is 6.08. The van der Waals surface area contributed by atoms with E-state index in [2.05, 4.69) is 20.7 Å².